The van der Waals surface area contributed by atoms with Crippen molar-refractivity contribution in [2.24, 2.45) is 0 Å². The molecule has 7 rings (SSSR count). The number of carbonyl (C=O) groups excluding carboxylic acids is 1. The number of ether oxygens (including phenoxy) is 1. The lowest BCUT2D eigenvalue weighted by Gasteiger charge is -2.45. The number of piperazine rings is 1. The van der Waals surface area contributed by atoms with Gasteiger partial charge in [0.15, 0.2) is 5.65 Å². The van der Waals surface area contributed by atoms with Gasteiger partial charge in [-0.3, -0.25) is 0 Å². The lowest BCUT2D eigenvalue weighted by atomic mass is 9.95. The van der Waals surface area contributed by atoms with Crippen molar-refractivity contribution in [3.8, 4) is 16.9 Å². The molecule has 1 saturated heterocycles. The first-order valence-corrected chi connectivity index (χ1v) is 24.9. The van der Waals surface area contributed by atoms with Gasteiger partial charge < -0.3 is 19.0 Å². The van der Waals surface area contributed by atoms with E-state index in [1.165, 1.54) is 10.4 Å². The van der Waals surface area contributed by atoms with Crippen LogP contribution in [0.4, 0.5) is 10.6 Å². The predicted octanol–water partition coefficient (Wildman–Crippen LogP) is 11.3. The van der Waals surface area contributed by atoms with Gasteiger partial charge in [0.05, 0.1) is 28.4 Å². The number of fused-ring (bicyclic) bond motifs is 1. The van der Waals surface area contributed by atoms with Crippen LogP contribution < -0.4 is 21.0 Å². The minimum atomic E-state index is -3.00. The third-order valence-corrected chi connectivity index (χ3v) is 17.7. The van der Waals surface area contributed by atoms with Gasteiger partial charge in [0.25, 0.3) is 8.32 Å². The molecule has 0 radical (unpaired) electrons. The zero-order valence-electron chi connectivity index (χ0n) is 39.6. The molecular weight excluding hydrogens is 834 g/mol. The Bertz CT molecular complexity index is 2650. The Balaban J connectivity index is 1.47. The average molecular weight is 899 g/mol. The molecule has 0 spiro atoms. The second-order valence-corrected chi connectivity index (χ2v) is 24.6. The van der Waals surface area contributed by atoms with E-state index in [4.69, 9.17) is 30.7 Å². The molecule has 0 bridgehead atoms. The van der Waals surface area contributed by atoms with E-state index in [0.717, 1.165) is 22.3 Å². The van der Waals surface area contributed by atoms with Gasteiger partial charge in [0.1, 0.15) is 11.4 Å². The van der Waals surface area contributed by atoms with Gasteiger partial charge in [-0.2, -0.15) is 4.98 Å². The number of pyridine rings is 1. The first-order valence-electron chi connectivity index (χ1n) is 22.6. The normalized spacial score (nSPS) is 16.2. The zero-order chi connectivity index (χ0) is 46.3. The Labute approximate surface area is 385 Å². The molecule has 3 heterocycles. The summed E-state index contributed by atoms with van der Waals surface area (Å²) < 4.78 is 15.1. The number of anilines is 1. The van der Waals surface area contributed by atoms with Crippen LogP contribution in [0.15, 0.2) is 114 Å². The average Bonchev–Trinajstić information content (AvgIpc) is 3.24. The van der Waals surface area contributed by atoms with Crippen LogP contribution in [0.1, 0.15) is 112 Å². The van der Waals surface area contributed by atoms with Crippen molar-refractivity contribution >= 4 is 53.2 Å². The Hall–Kier alpha value is -5.29. The predicted molar refractivity (Wildman–Crippen MR) is 265 cm³/mol. The highest BCUT2D eigenvalue weighted by molar-refractivity contribution is 6.99. The Morgan fingerprint density at radius 2 is 1.34 bits per heavy atom. The molecule has 1 fully saturated rings. The van der Waals surface area contributed by atoms with Crippen molar-refractivity contribution in [3.05, 3.63) is 141 Å². The summed E-state index contributed by atoms with van der Waals surface area (Å²) in [6.45, 7) is 26.1. The highest BCUT2D eigenvalue weighted by Crippen LogP contribution is 2.41. The van der Waals surface area contributed by atoms with Gasteiger partial charge in [0, 0.05) is 36.3 Å². The summed E-state index contributed by atoms with van der Waals surface area (Å²) in [6.07, 6.45) is -0.365. The molecule has 9 nitrogen and oxygen atoms in total. The van der Waals surface area contributed by atoms with Crippen LogP contribution in [0.5, 0.6) is 0 Å². The van der Waals surface area contributed by atoms with E-state index in [2.05, 4.69) is 126 Å². The Morgan fingerprint density at radius 3 is 1.92 bits per heavy atom. The lowest BCUT2D eigenvalue weighted by molar-refractivity contribution is 0.0130. The van der Waals surface area contributed by atoms with Crippen LogP contribution in [-0.4, -0.2) is 64.6 Å². The summed E-state index contributed by atoms with van der Waals surface area (Å²) in [6, 6.07) is 37.1. The smallest absolute Gasteiger partial charge is 0.410 e. The van der Waals surface area contributed by atoms with Crippen molar-refractivity contribution in [1.82, 2.24) is 19.4 Å². The van der Waals surface area contributed by atoms with Gasteiger partial charge >= 0.3 is 11.8 Å². The number of hydrogen-bond donors (Lipinski definition) is 0. The maximum Gasteiger partial charge on any atom is 0.410 e. The molecule has 11 heteroatoms. The van der Waals surface area contributed by atoms with E-state index in [9.17, 15) is 4.79 Å². The van der Waals surface area contributed by atoms with Gasteiger partial charge in [-0.05, 0) is 79.1 Å². The standard InChI is InChI=1S/C53H64ClN5O4Si/c1-34(2)41-27-19-20-28-43(41)46-45(54)30-44-48(57-31-37(6)58(32-36(57)5)51(61)63-52(7,8)9)56-50(60)59(49(44)55-46)47-38(22-21-29-42(47)35(3)4)33-62-64(53(10,11)12,39-23-15-13-16-24-39)40-25-17-14-18-26-40/h13-30,34-37H,31-33H2,1-12H3. The molecule has 6 aromatic rings. The molecule has 0 saturated carbocycles. The van der Waals surface area contributed by atoms with Crippen LogP contribution in [0.3, 0.4) is 0 Å². The van der Waals surface area contributed by atoms with E-state index in [1.807, 2.05) is 71.0 Å². The molecule has 2 unspecified atom stereocenters. The SMILES string of the molecule is CC(C)c1ccccc1-c1nc2c(cc1Cl)c(N1CC(C)N(C(=O)OC(C)(C)C)CC1C)nc(=O)n2-c1c(CO[Si](c2ccccc2)(c2ccccc2)C(C)(C)C)cccc1C(C)C. The van der Waals surface area contributed by atoms with E-state index >= 15 is 4.79 Å². The maximum atomic E-state index is 15.3. The number of amides is 1. The monoisotopic (exact) mass is 897 g/mol. The number of aromatic nitrogens is 3. The van der Waals surface area contributed by atoms with Gasteiger partial charge in [-0.25, -0.2) is 19.1 Å². The number of para-hydroxylation sites is 1. The van der Waals surface area contributed by atoms with Crippen molar-refractivity contribution < 1.29 is 14.0 Å². The molecule has 4 aromatic carbocycles. The number of benzene rings is 4. The summed E-state index contributed by atoms with van der Waals surface area (Å²) in [5, 5.41) is 3.16. The molecular formula is C53H64ClN5O4Si. The van der Waals surface area contributed by atoms with Crippen molar-refractivity contribution in [1.29, 1.82) is 0 Å². The number of nitrogens with zero attached hydrogens (tertiary/aromatic N) is 5. The second kappa shape index (κ2) is 18.3. The quantitative estimate of drug-likeness (QED) is 0.127. The van der Waals surface area contributed by atoms with Gasteiger partial charge in [-0.1, -0.05) is 163 Å². The lowest BCUT2D eigenvalue weighted by Crippen LogP contribution is -2.66. The summed E-state index contributed by atoms with van der Waals surface area (Å²) in [4.78, 5) is 43.0. The fraction of sp³-hybridized carbons (Fsp3) is 0.396. The third kappa shape index (κ3) is 9.02. The molecule has 1 amide bonds. The number of carbonyl (C=O) groups is 1. The Kier molecular flexibility index (Phi) is 13.3. The minimum absolute atomic E-state index is 0.0275. The molecule has 1 aliphatic heterocycles. The van der Waals surface area contributed by atoms with Crippen molar-refractivity contribution in [3.63, 3.8) is 0 Å². The van der Waals surface area contributed by atoms with Crippen LogP contribution in [0, 0.1) is 0 Å². The highest BCUT2D eigenvalue weighted by Gasteiger charge is 2.50. The van der Waals surface area contributed by atoms with Crippen LogP contribution in [0.2, 0.25) is 10.1 Å². The number of rotatable bonds is 10. The zero-order valence-corrected chi connectivity index (χ0v) is 41.3. The summed E-state index contributed by atoms with van der Waals surface area (Å²) >= 11 is 7.35. The molecule has 64 heavy (non-hydrogen) atoms. The highest BCUT2D eigenvalue weighted by atomic mass is 35.5. The van der Waals surface area contributed by atoms with E-state index in [1.54, 1.807) is 9.47 Å². The van der Waals surface area contributed by atoms with E-state index in [0.29, 0.717) is 46.3 Å². The van der Waals surface area contributed by atoms with Crippen LogP contribution >= 0.6 is 11.6 Å². The first kappa shape index (κ1) is 46.7. The fourth-order valence-electron chi connectivity index (χ4n) is 9.34. The fourth-order valence-corrected chi connectivity index (χ4v) is 14.1. The van der Waals surface area contributed by atoms with E-state index < -0.39 is 19.6 Å². The summed E-state index contributed by atoms with van der Waals surface area (Å²) in [5.41, 5.74) is 4.47. The molecule has 0 N–H and O–H groups in total. The maximum absolute atomic E-state index is 15.3. The van der Waals surface area contributed by atoms with Crippen molar-refractivity contribution in [2.45, 2.75) is 124 Å². The number of hydrogen-bond acceptors (Lipinski definition) is 7. The molecule has 336 valence electrons. The van der Waals surface area contributed by atoms with Gasteiger partial charge in [-0.15, -0.1) is 0 Å². The van der Waals surface area contributed by atoms with Crippen molar-refractivity contribution in [2.75, 3.05) is 18.0 Å². The number of halogens is 1. The van der Waals surface area contributed by atoms with Crippen LogP contribution in [0.25, 0.3) is 28.0 Å². The van der Waals surface area contributed by atoms with E-state index in [-0.39, 0.29) is 41.7 Å². The Morgan fingerprint density at radius 1 is 0.766 bits per heavy atom. The molecule has 2 aromatic heterocycles. The molecule has 2 atom stereocenters. The second-order valence-electron chi connectivity index (χ2n) is 19.9. The summed E-state index contributed by atoms with van der Waals surface area (Å²) in [5.74, 6) is 0.694. The van der Waals surface area contributed by atoms with Crippen LogP contribution in [-0.2, 0) is 15.8 Å². The molecule has 1 aliphatic rings. The first-order chi connectivity index (χ1) is 30.2. The van der Waals surface area contributed by atoms with Gasteiger partial charge in [0.2, 0.25) is 0 Å². The topological polar surface area (TPSA) is 89.8 Å². The largest absolute Gasteiger partial charge is 0.444 e. The third-order valence-electron chi connectivity index (χ3n) is 12.4. The summed E-state index contributed by atoms with van der Waals surface area (Å²) in [7, 11) is -3.00. The molecule has 0 aliphatic carbocycles. The minimum Gasteiger partial charge on any atom is -0.444 e.